The summed E-state index contributed by atoms with van der Waals surface area (Å²) in [5, 5.41) is 0.246. The van der Waals surface area contributed by atoms with E-state index in [1.807, 2.05) is 4.90 Å². The van der Waals surface area contributed by atoms with Crippen LogP contribution in [0.5, 0.6) is 0 Å². The fourth-order valence-electron chi connectivity index (χ4n) is 3.49. The van der Waals surface area contributed by atoms with Gasteiger partial charge in [-0.2, -0.15) is 0 Å². The quantitative estimate of drug-likeness (QED) is 0.654. The summed E-state index contributed by atoms with van der Waals surface area (Å²) in [5.74, 6) is -0.319. The van der Waals surface area contributed by atoms with Crippen LogP contribution in [0.25, 0.3) is 11.0 Å². The summed E-state index contributed by atoms with van der Waals surface area (Å²) in [4.78, 5) is 37.4. The summed E-state index contributed by atoms with van der Waals surface area (Å²) in [7, 11) is 1.69. The number of hydrogen-bond acceptors (Lipinski definition) is 5. The molecule has 4 rings (SSSR count). The number of carbonyl (C=O) groups excluding carboxylic acids is 1. The number of aromatic nitrogens is 3. The molecule has 0 aliphatic carbocycles. The van der Waals surface area contributed by atoms with E-state index >= 15 is 0 Å². The molecule has 29 heavy (non-hydrogen) atoms. The van der Waals surface area contributed by atoms with Gasteiger partial charge >= 0.3 is 0 Å². The summed E-state index contributed by atoms with van der Waals surface area (Å²) < 4.78 is 15.5. The molecule has 0 unspecified atom stereocenters. The lowest BCUT2D eigenvalue weighted by atomic mass is 10.1. The number of fused-ring (bicyclic) bond motifs is 1. The summed E-state index contributed by atoms with van der Waals surface area (Å²) in [5.41, 5.74) is 1.35. The van der Waals surface area contributed by atoms with E-state index in [1.165, 1.54) is 16.7 Å². The molecule has 150 valence electrons. The van der Waals surface area contributed by atoms with Crippen LogP contribution in [0.1, 0.15) is 5.56 Å². The smallest absolute Gasteiger partial charge is 0.293 e. The first-order valence-electron chi connectivity index (χ1n) is 9.22. The lowest BCUT2D eigenvalue weighted by Crippen LogP contribution is -2.51. The number of piperazine rings is 1. The van der Waals surface area contributed by atoms with Crippen LogP contribution in [0.15, 0.2) is 41.5 Å². The normalized spacial score (nSPS) is 14.4. The highest BCUT2D eigenvalue weighted by molar-refractivity contribution is 6.31. The highest BCUT2D eigenvalue weighted by Gasteiger charge is 2.25. The predicted octanol–water partition coefficient (Wildman–Crippen LogP) is 2.01. The van der Waals surface area contributed by atoms with Gasteiger partial charge in [-0.25, -0.2) is 9.37 Å². The van der Waals surface area contributed by atoms with Gasteiger partial charge in [-0.1, -0.05) is 17.7 Å². The Labute approximate surface area is 171 Å². The first-order chi connectivity index (χ1) is 14.0. The topological polar surface area (TPSA) is 71.3 Å². The van der Waals surface area contributed by atoms with Crippen molar-refractivity contribution in [2.24, 2.45) is 7.05 Å². The highest BCUT2D eigenvalue weighted by atomic mass is 35.5. The fraction of sp³-hybridized carbons (Fsp3) is 0.300. The van der Waals surface area contributed by atoms with Crippen molar-refractivity contribution in [1.82, 2.24) is 19.4 Å². The Balaban J connectivity index is 1.49. The largest absolute Gasteiger partial charge is 0.348 e. The highest BCUT2D eigenvalue weighted by Crippen LogP contribution is 2.21. The maximum absolute atomic E-state index is 14.0. The second-order valence-electron chi connectivity index (χ2n) is 6.91. The molecule has 1 fully saturated rings. The molecule has 7 nitrogen and oxygen atoms in total. The van der Waals surface area contributed by atoms with Crippen LogP contribution in [-0.4, -0.2) is 51.5 Å². The molecule has 1 aliphatic heterocycles. The van der Waals surface area contributed by atoms with Crippen LogP contribution in [0.4, 0.5) is 10.2 Å². The van der Waals surface area contributed by atoms with Gasteiger partial charge in [-0.3, -0.25) is 14.6 Å². The van der Waals surface area contributed by atoms with Crippen molar-refractivity contribution in [2.45, 2.75) is 6.42 Å². The van der Waals surface area contributed by atoms with Gasteiger partial charge in [-0.15, -0.1) is 0 Å². The third kappa shape index (κ3) is 3.67. The number of amides is 1. The van der Waals surface area contributed by atoms with Gasteiger partial charge in [0.05, 0.1) is 23.7 Å². The van der Waals surface area contributed by atoms with Gasteiger partial charge in [0, 0.05) is 50.0 Å². The van der Waals surface area contributed by atoms with Crippen LogP contribution in [0.3, 0.4) is 0 Å². The minimum Gasteiger partial charge on any atom is -0.348 e. The summed E-state index contributed by atoms with van der Waals surface area (Å²) >= 11 is 6.03. The Morgan fingerprint density at radius 2 is 1.97 bits per heavy atom. The average molecular weight is 416 g/mol. The van der Waals surface area contributed by atoms with E-state index in [2.05, 4.69) is 9.97 Å². The van der Waals surface area contributed by atoms with Gasteiger partial charge in [0.2, 0.25) is 5.91 Å². The van der Waals surface area contributed by atoms with Gasteiger partial charge in [0.15, 0.2) is 5.82 Å². The molecular weight excluding hydrogens is 397 g/mol. The average Bonchev–Trinajstić information content (AvgIpc) is 2.73. The summed E-state index contributed by atoms with van der Waals surface area (Å²) in [6.07, 6.45) is 3.15. The molecule has 3 aromatic rings. The molecule has 0 bridgehead atoms. The number of pyridine rings is 1. The molecule has 1 saturated heterocycles. The number of halogens is 2. The van der Waals surface area contributed by atoms with E-state index < -0.39 is 5.82 Å². The molecule has 3 heterocycles. The van der Waals surface area contributed by atoms with Crippen molar-refractivity contribution < 1.29 is 9.18 Å². The number of hydrogen-bond donors (Lipinski definition) is 0. The van der Waals surface area contributed by atoms with Crippen molar-refractivity contribution >= 4 is 34.4 Å². The number of benzene rings is 1. The Hall–Kier alpha value is -3.00. The number of aryl methyl sites for hydroxylation is 1. The first-order valence-corrected chi connectivity index (χ1v) is 9.60. The van der Waals surface area contributed by atoms with E-state index in [0.717, 1.165) is 0 Å². The monoisotopic (exact) mass is 415 g/mol. The van der Waals surface area contributed by atoms with Crippen molar-refractivity contribution in [3.05, 3.63) is 63.4 Å². The second-order valence-corrected chi connectivity index (χ2v) is 7.32. The number of anilines is 1. The Kier molecular flexibility index (Phi) is 5.19. The van der Waals surface area contributed by atoms with Gasteiger partial charge < -0.3 is 14.4 Å². The zero-order valence-corrected chi connectivity index (χ0v) is 16.6. The third-order valence-electron chi connectivity index (χ3n) is 5.18. The minimum absolute atomic E-state index is 0.0888. The Morgan fingerprint density at radius 1 is 1.21 bits per heavy atom. The molecule has 0 N–H and O–H groups in total. The molecule has 1 aliphatic rings. The van der Waals surface area contributed by atoms with Crippen LogP contribution in [-0.2, 0) is 18.3 Å². The van der Waals surface area contributed by atoms with E-state index in [-0.39, 0.29) is 28.5 Å². The molecule has 0 atom stereocenters. The van der Waals surface area contributed by atoms with E-state index in [1.54, 1.807) is 36.5 Å². The first kappa shape index (κ1) is 19.3. The molecule has 1 aromatic carbocycles. The number of carbonyl (C=O) groups is 1. The van der Waals surface area contributed by atoms with Crippen molar-refractivity contribution in [1.29, 1.82) is 0 Å². The van der Waals surface area contributed by atoms with Gasteiger partial charge in [0.1, 0.15) is 5.82 Å². The van der Waals surface area contributed by atoms with Crippen LogP contribution in [0.2, 0.25) is 5.02 Å². The summed E-state index contributed by atoms with van der Waals surface area (Å²) in [6, 6.07) is 6.14. The van der Waals surface area contributed by atoms with Crippen molar-refractivity contribution in [3.8, 4) is 0 Å². The predicted molar refractivity (Wildman–Crippen MR) is 109 cm³/mol. The third-order valence-corrected chi connectivity index (χ3v) is 5.54. The molecule has 0 radical (unpaired) electrons. The van der Waals surface area contributed by atoms with E-state index in [0.29, 0.717) is 43.0 Å². The zero-order chi connectivity index (χ0) is 20.5. The Morgan fingerprint density at radius 3 is 2.69 bits per heavy atom. The lowest BCUT2D eigenvalue weighted by Gasteiger charge is -2.35. The molecule has 9 heteroatoms. The van der Waals surface area contributed by atoms with Gasteiger partial charge in [0.25, 0.3) is 5.56 Å². The zero-order valence-electron chi connectivity index (χ0n) is 15.8. The van der Waals surface area contributed by atoms with Crippen LogP contribution in [0, 0.1) is 5.82 Å². The summed E-state index contributed by atoms with van der Waals surface area (Å²) in [6.45, 7) is 1.78. The van der Waals surface area contributed by atoms with Crippen molar-refractivity contribution in [2.75, 3.05) is 31.1 Å². The minimum atomic E-state index is -0.483. The van der Waals surface area contributed by atoms with E-state index in [9.17, 15) is 14.0 Å². The van der Waals surface area contributed by atoms with Crippen LogP contribution >= 0.6 is 11.6 Å². The molecule has 0 spiro atoms. The standard InChI is InChI=1S/C20H19ClFN5O2/c1-25-17-12-23-6-5-16(17)24-19(20(25)29)27-9-7-26(8-10-27)18(28)11-13-14(21)3-2-4-15(13)22/h2-6,12H,7-11H2,1H3. The van der Waals surface area contributed by atoms with Crippen LogP contribution < -0.4 is 10.5 Å². The number of nitrogens with zero attached hydrogens (tertiary/aromatic N) is 5. The SMILES string of the molecule is Cn1c(=O)c(N2CCN(C(=O)Cc3c(F)cccc3Cl)CC2)nc2ccncc21. The molecule has 1 amide bonds. The number of rotatable bonds is 3. The molecule has 0 saturated carbocycles. The molecular formula is C20H19ClFN5O2. The Bertz CT molecular complexity index is 1120. The van der Waals surface area contributed by atoms with Gasteiger partial charge in [-0.05, 0) is 18.2 Å². The van der Waals surface area contributed by atoms with E-state index in [4.69, 9.17) is 11.6 Å². The second kappa shape index (κ2) is 7.79. The fourth-order valence-corrected chi connectivity index (χ4v) is 3.72. The molecule has 2 aromatic heterocycles. The maximum atomic E-state index is 14.0. The lowest BCUT2D eigenvalue weighted by molar-refractivity contribution is -0.130. The maximum Gasteiger partial charge on any atom is 0.293 e. The van der Waals surface area contributed by atoms with Crippen molar-refractivity contribution in [3.63, 3.8) is 0 Å².